The first kappa shape index (κ1) is 14.6. The summed E-state index contributed by atoms with van der Waals surface area (Å²) in [5, 5.41) is 0. The Hall–Kier alpha value is -0.430. The van der Waals surface area contributed by atoms with Crippen molar-refractivity contribution in [1.29, 1.82) is 0 Å². The molecule has 0 aromatic heterocycles. The Bertz CT molecular complexity index is 381. The Balaban J connectivity index is 3.31. The minimum absolute atomic E-state index is 0.236. The molecule has 0 fully saturated rings. The Labute approximate surface area is 111 Å². The van der Waals surface area contributed by atoms with Crippen LogP contribution in [-0.4, -0.2) is 4.86 Å². The molecule has 0 saturated heterocycles. The fourth-order valence-corrected chi connectivity index (χ4v) is 3.02. The van der Waals surface area contributed by atoms with Crippen LogP contribution in [0.2, 0.25) is 0 Å². The van der Waals surface area contributed by atoms with Gasteiger partial charge in [-0.15, -0.1) is 0 Å². The molecular formula is C16H27S+. The molecule has 0 bridgehead atoms. The predicted octanol–water partition coefficient (Wildman–Crippen LogP) is 4.81. The molecule has 1 atom stereocenters. The predicted molar refractivity (Wildman–Crippen MR) is 82.3 cm³/mol. The van der Waals surface area contributed by atoms with Crippen LogP contribution in [-0.2, 0) is 11.4 Å². The van der Waals surface area contributed by atoms with Gasteiger partial charge in [-0.05, 0) is 19.1 Å². The molecule has 1 aliphatic rings. The summed E-state index contributed by atoms with van der Waals surface area (Å²) in [7, 11) is 0. The number of allylic oxidation sites excluding steroid dienone is 4. The van der Waals surface area contributed by atoms with Crippen LogP contribution >= 0.6 is 0 Å². The highest BCUT2D eigenvalue weighted by atomic mass is 32.1. The highest BCUT2D eigenvalue weighted by Crippen LogP contribution is 2.32. The summed E-state index contributed by atoms with van der Waals surface area (Å²) in [6.45, 7) is 18.4. The average Bonchev–Trinajstić information content (AvgIpc) is 2.25. The topological polar surface area (TPSA) is 0 Å². The molecule has 17 heavy (non-hydrogen) atoms. The van der Waals surface area contributed by atoms with E-state index in [4.69, 9.17) is 0 Å². The first-order valence-corrected chi connectivity index (χ1v) is 7.29. The van der Waals surface area contributed by atoms with Crippen molar-refractivity contribution in [3.8, 4) is 0 Å². The second-order valence-electron chi connectivity index (χ2n) is 7.17. The van der Waals surface area contributed by atoms with Crippen LogP contribution < -0.4 is 0 Å². The highest BCUT2D eigenvalue weighted by molar-refractivity contribution is 7.83. The molecule has 0 N–H and O–H groups in total. The van der Waals surface area contributed by atoms with E-state index >= 15 is 0 Å². The first-order chi connectivity index (χ1) is 7.51. The zero-order valence-corrected chi connectivity index (χ0v) is 13.5. The molecule has 0 spiro atoms. The van der Waals surface area contributed by atoms with Gasteiger partial charge in [0.05, 0.1) is 0 Å². The van der Waals surface area contributed by atoms with Gasteiger partial charge in [0.15, 0.2) is 0 Å². The third-order valence-electron chi connectivity index (χ3n) is 3.18. The summed E-state index contributed by atoms with van der Waals surface area (Å²) in [5.74, 6) is 0.552. The molecule has 1 heteroatoms. The molecule has 1 aliphatic heterocycles. The third kappa shape index (κ3) is 3.77. The van der Waals surface area contributed by atoms with Crippen molar-refractivity contribution in [2.75, 3.05) is 0 Å². The van der Waals surface area contributed by atoms with Crippen LogP contribution in [0.3, 0.4) is 0 Å². The van der Waals surface area contributed by atoms with Crippen LogP contribution in [0.25, 0.3) is 0 Å². The smallest absolute Gasteiger partial charge is 0.0613 e. The Morgan fingerprint density at radius 3 is 1.94 bits per heavy atom. The van der Waals surface area contributed by atoms with Crippen LogP contribution in [0.4, 0.5) is 0 Å². The lowest BCUT2D eigenvalue weighted by Gasteiger charge is -2.14. The zero-order valence-electron chi connectivity index (χ0n) is 12.6. The summed E-state index contributed by atoms with van der Waals surface area (Å²) in [4.78, 5) is 2.99. The van der Waals surface area contributed by atoms with Gasteiger partial charge in [0.25, 0.3) is 0 Å². The van der Waals surface area contributed by atoms with Crippen molar-refractivity contribution in [1.82, 2.24) is 0 Å². The van der Waals surface area contributed by atoms with Crippen molar-refractivity contribution in [3.05, 3.63) is 22.6 Å². The molecule has 96 valence electrons. The number of hydrogen-bond acceptors (Lipinski definition) is 0. The number of hydrogen-bond donors (Lipinski definition) is 0. The van der Waals surface area contributed by atoms with E-state index in [1.807, 2.05) is 11.4 Å². The number of rotatable bonds is 0. The molecule has 0 radical (unpaired) electrons. The maximum Gasteiger partial charge on any atom is 0.219 e. The first-order valence-electron chi connectivity index (χ1n) is 6.47. The van der Waals surface area contributed by atoms with E-state index in [1.165, 1.54) is 15.3 Å². The highest BCUT2D eigenvalue weighted by Gasteiger charge is 2.34. The van der Waals surface area contributed by atoms with Gasteiger partial charge in [-0.3, -0.25) is 0 Å². The maximum absolute atomic E-state index is 2.44. The quantitative estimate of drug-likeness (QED) is 0.428. The second kappa shape index (κ2) is 4.68. The van der Waals surface area contributed by atoms with Crippen molar-refractivity contribution in [2.24, 2.45) is 16.7 Å². The lowest BCUT2D eigenvalue weighted by Crippen LogP contribution is -2.21. The van der Waals surface area contributed by atoms with E-state index in [0.29, 0.717) is 5.92 Å². The molecule has 0 nitrogen and oxygen atoms in total. The van der Waals surface area contributed by atoms with Crippen molar-refractivity contribution in [2.45, 2.75) is 55.4 Å². The molecule has 0 aromatic carbocycles. The van der Waals surface area contributed by atoms with Gasteiger partial charge in [-0.1, -0.05) is 54.0 Å². The fourth-order valence-electron chi connectivity index (χ4n) is 1.65. The van der Waals surface area contributed by atoms with Gasteiger partial charge in [-0.2, -0.15) is 0 Å². The van der Waals surface area contributed by atoms with E-state index in [0.717, 1.165) is 0 Å². The second-order valence-corrected chi connectivity index (χ2v) is 8.26. The molecule has 1 heterocycles. The summed E-state index contributed by atoms with van der Waals surface area (Å²) in [6.07, 6.45) is 4.83. The van der Waals surface area contributed by atoms with Crippen LogP contribution in [0.15, 0.2) is 22.6 Å². The Morgan fingerprint density at radius 2 is 1.53 bits per heavy atom. The summed E-state index contributed by atoms with van der Waals surface area (Å²) >= 11 is 1.98. The van der Waals surface area contributed by atoms with Gasteiger partial charge in [0.2, 0.25) is 21.1 Å². The van der Waals surface area contributed by atoms with E-state index < -0.39 is 0 Å². The zero-order chi connectivity index (χ0) is 13.4. The minimum atomic E-state index is 0.236. The van der Waals surface area contributed by atoms with E-state index in [1.54, 1.807) is 0 Å². The molecule has 1 unspecified atom stereocenters. The Kier molecular flexibility index (Phi) is 4.03. The minimum Gasteiger partial charge on any atom is -0.0613 e. The van der Waals surface area contributed by atoms with Crippen LogP contribution in [0, 0.1) is 16.7 Å². The molecule has 0 saturated carbocycles. The largest absolute Gasteiger partial charge is 0.219 e. The average molecular weight is 251 g/mol. The van der Waals surface area contributed by atoms with Crippen molar-refractivity contribution in [3.63, 3.8) is 0 Å². The lowest BCUT2D eigenvalue weighted by atomic mass is 9.88. The standard InChI is InChI=1S/C16H27S/c1-11-9-13(15(3,4)5)17-14(10-12(11)2)16(6,7)8/h9-11H,1-8H3/q+1. The van der Waals surface area contributed by atoms with Gasteiger partial charge in [-0.25, -0.2) is 0 Å². The van der Waals surface area contributed by atoms with E-state index in [9.17, 15) is 0 Å². The molecule has 0 aliphatic carbocycles. The molecular weight excluding hydrogens is 224 g/mol. The lowest BCUT2D eigenvalue weighted by molar-refractivity contribution is 0.529. The van der Waals surface area contributed by atoms with Gasteiger partial charge in [0.1, 0.15) is 0 Å². The third-order valence-corrected chi connectivity index (χ3v) is 5.10. The van der Waals surface area contributed by atoms with Gasteiger partial charge in [0, 0.05) is 16.7 Å². The van der Waals surface area contributed by atoms with Gasteiger partial charge >= 0.3 is 0 Å². The SMILES string of the molecule is CC1=CC(C(C)(C)C)=[S+]C(C(C)(C)C)=CC1C. The van der Waals surface area contributed by atoms with Crippen LogP contribution in [0.5, 0.6) is 0 Å². The Morgan fingerprint density at radius 1 is 1.00 bits per heavy atom. The fraction of sp³-hybridized carbons (Fsp3) is 0.688. The van der Waals surface area contributed by atoms with Gasteiger partial charge < -0.3 is 0 Å². The molecule has 0 aromatic rings. The van der Waals surface area contributed by atoms with E-state index in [-0.39, 0.29) is 10.8 Å². The normalized spacial score (nSPS) is 22.6. The molecule has 1 rings (SSSR count). The summed E-state index contributed by atoms with van der Waals surface area (Å²) in [6, 6.07) is 0. The van der Waals surface area contributed by atoms with E-state index in [2.05, 4.69) is 67.5 Å². The maximum atomic E-state index is 2.44. The van der Waals surface area contributed by atoms with Crippen LogP contribution in [0.1, 0.15) is 55.4 Å². The summed E-state index contributed by atoms with van der Waals surface area (Å²) < 4.78 is 0. The van der Waals surface area contributed by atoms with Crippen molar-refractivity contribution < 1.29 is 0 Å². The molecule has 0 amide bonds. The van der Waals surface area contributed by atoms with Crippen molar-refractivity contribution >= 4 is 16.2 Å². The summed E-state index contributed by atoms with van der Waals surface area (Å²) in [5.41, 5.74) is 1.95. The monoisotopic (exact) mass is 251 g/mol.